The van der Waals surface area contributed by atoms with E-state index in [-0.39, 0.29) is 32.0 Å². The van der Waals surface area contributed by atoms with Crippen LogP contribution < -0.4 is 0 Å². The Hall–Kier alpha value is -1.14. The van der Waals surface area contributed by atoms with Gasteiger partial charge in [-0.15, -0.1) is 0 Å². The van der Waals surface area contributed by atoms with Crippen LogP contribution in [0.1, 0.15) is 26.7 Å². The summed E-state index contributed by atoms with van der Waals surface area (Å²) in [6.07, 6.45) is 0.316. The van der Waals surface area contributed by atoms with Crippen molar-refractivity contribution >= 4 is 11.9 Å². The molecule has 0 aromatic rings. The fourth-order valence-electron chi connectivity index (χ4n) is 1.64. The van der Waals surface area contributed by atoms with Gasteiger partial charge in [0.1, 0.15) is 6.04 Å². The SMILES string of the molecule is CC(C)CC(C(=O)O)N(CCO)CCC(=O)O. The minimum Gasteiger partial charge on any atom is -0.481 e. The number of carboxylic acid groups (broad SMARTS) is 2. The summed E-state index contributed by atoms with van der Waals surface area (Å²) in [7, 11) is 0. The van der Waals surface area contributed by atoms with E-state index in [1.165, 1.54) is 4.90 Å². The highest BCUT2D eigenvalue weighted by molar-refractivity contribution is 5.73. The molecule has 0 radical (unpaired) electrons. The first-order valence-corrected chi connectivity index (χ1v) is 5.68. The minimum absolute atomic E-state index is 0.123. The summed E-state index contributed by atoms with van der Waals surface area (Å²) >= 11 is 0. The van der Waals surface area contributed by atoms with Gasteiger partial charge in [-0.25, -0.2) is 0 Å². The average molecular weight is 247 g/mol. The molecule has 0 aromatic carbocycles. The van der Waals surface area contributed by atoms with Crippen LogP contribution in [-0.2, 0) is 9.59 Å². The topological polar surface area (TPSA) is 98.1 Å². The van der Waals surface area contributed by atoms with Crippen LogP contribution in [0.2, 0.25) is 0 Å². The Bertz CT molecular complexity index is 254. The molecular weight excluding hydrogens is 226 g/mol. The van der Waals surface area contributed by atoms with Crippen molar-refractivity contribution in [3.8, 4) is 0 Å². The summed E-state index contributed by atoms with van der Waals surface area (Å²) in [6, 6.07) is -0.735. The zero-order valence-electron chi connectivity index (χ0n) is 10.3. The Morgan fingerprint density at radius 2 is 1.76 bits per heavy atom. The molecule has 6 nitrogen and oxygen atoms in total. The third kappa shape index (κ3) is 6.91. The van der Waals surface area contributed by atoms with Crippen molar-refractivity contribution in [1.82, 2.24) is 4.90 Å². The first kappa shape index (κ1) is 15.9. The molecule has 0 rings (SSSR count). The van der Waals surface area contributed by atoms with E-state index in [1.54, 1.807) is 0 Å². The third-order valence-electron chi connectivity index (χ3n) is 2.42. The Balaban J connectivity index is 4.57. The van der Waals surface area contributed by atoms with E-state index in [0.717, 1.165) is 0 Å². The van der Waals surface area contributed by atoms with E-state index < -0.39 is 18.0 Å². The van der Waals surface area contributed by atoms with Crippen LogP contribution in [0, 0.1) is 5.92 Å². The smallest absolute Gasteiger partial charge is 0.320 e. The van der Waals surface area contributed by atoms with Crippen LogP contribution in [0.5, 0.6) is 0 Å². The number of aliphatic hydroxyl groups is 1. The number of rotatable bonds is 9. The third-order valence-corrected chi connectivity index (χ3v) is 2.42. The summed E-state index contributed by atoms with van der Waals surface area (Å²) < 4.78 is 0. The molecule has 17 heavy (non-hydrogen) atoms. The zero-order valence-corrected chi connectivity index (χ0v) is 10.3. The molecule has 0 spiro atoms. The van der Waals surface area contributed by atoms with E-state index in [4.69, 9.17) is 15.3 Å². The van der Waals surface area contributed by atoms with Crippen molar-refractivity contribution in [1.29, 1.82) is 0 Å². The fraction of sp³-hybridized carbons (Fsp3) is 0.818. The molecule has 0 saturated heterocycles. The normalized spacial score (nSPS) is 13.0. The Labute approximate surface area is 101 Å². The Morgan fingerprint density at radius 1 is 1.18 bits per heavy atom. The summed E-state index contributed by atoms with van der Waals surface area (Å²) in [5.74, 6) is -1.75. The van der Waals surface area contributed by atoms with Gasteiger partial charge in [-0.2, -0.15) is 0 Å². The maximum Gasteiger partial charge on any atom is 0.320 e. The number of aliphatic hydroxyl groups excluding tert-OH is 1. The first-order valence-electron chi connectivity index (χ1n) is 5.68. The van der Waals surface area contributed by atoms with E-state index in [2.05, 4.69) is 0 Å². The average Bonchev–Trinajstić information content (AvgIpc) is 2.20. The highest BCUT2D eigenvalue weighted by Gasteiger charge is 2.26. The number of hydrogen-bond donors (Lipinski definition) is 3. The van der Waals surface area contributed by atoms with Crippen molar-refractivity contribution in [2.45, 2.75) is 32.7 Å². The van der Waals surface area contributed by atoms with Gasteiger partial charge in [0.2, 0.25) is 0 Å². The largest absolute Gasteiger partial charge is 0.481 e. The predicted octanol–water partition coefficient (Wildman–Crippen LogP) is 0.255. The van der Waals surface area contributed by atoms with Gasteiger partial charge in [-0.05, 0) is 12.3 Å². The highest BCUT2D eigenvalue weighted by Crippen LogP contribution is 2.12. The van der Waals surface area contributed by atoms with Crippen molar-refractivity contribution < 1.29 is 24.9 Å². The Morgan fingerprint density at radius 3 is 2.12 bits per heavy atom. The first-order chi connectivity index (χ1) is 7.88. The zero-order chi connectivity index (χ0) is 13.4. The Kier molecular flexibility index (Phi) is 7.49. The van der Waals surface area contributed by atoms with Gasteiger partial charge in [0.15, 0.2) is 0 Å². The molecule has 0 aliphatic rings. The lowest BCUT2D eigenvalue weighted by atomic mass is 10.0. The molecule has 0 aromatic heterocycles. The van der Waals surface area contributed by atoms with E-state index >= 15 is 0 Å². The number of hydrogen-bond acceptors (Lipinski definition) is 4. The van der Waals surface area contributed by atoms with Crippen LogP contribution in [0.4, 0.5) is 0 Å². The molecular formula is C11H21NO5. The molecule has 0 saturated carbocycles. The van der Waals surface area contributed by atoms with Crippen LogP contribution in [0.25, 0.3) is 0 Å². The summed E-state index contributed by atoms with van der Waals surface area (Å²) in [5.41, 5.74) is 0. The predicted molar refractivity (Wildman–Crippen MR) is 61.8 cm³/mol. The van der Waals surface area contributed by atoms with Crippen LogP contribution in [0.3, 0.4) is 0 Å². The molecule has 6 heteroatoms. The highest BCUT2D eigenvalue weighted by atomic mass is 16.4. The number of carbonyl (C=O) groups is 2. The van der Waals surface area contributed by atoms with E-state index in [9.17, 15) is 9.59 Å². The maximum atomic E-state index is 11.1. The van der Waals surface area contributed by atoms with Gasteiger partial charge in [-0.3, -0.25) is 14.5 Å². The maximum absolute atomic E-state index is 11.1. The summed E-state index contributed by atoms with van der Waals surface area (Å²) in [5, 5.41) is 26.6. The van der Waals surface area contributed by atoms with Crippen molar-refractivity contribution in [3.05, 3.63) is 0 Å². The lowest BCUT2D eigenvalue weighted by Gasteiger charge is -2.28. The molecule has 0 aliphatic heterocycles. The lowest BCUT2D eigenvalue weighted by molar-refractivity contribution is -0.146. The molecule has 0 amide bonds. The van der Waals surface area contributed by atoms with Crippen LogP contribution in [0.15, 0.2) is 0 Å². The molecule has 0 heterocycles. The van der Waals surface area contributed by atoms with E-state index in [1.807, 2.05) is 13.8 Å². The molecule has 3 N–H and O–H groups in total. The van der Waals surface area contributed by atoms with Gasteiger partial charge in [0.05, 0.1) is 13.0 Å². The molecule has 0 fully saturated rings. The second-order valence-electron chi connectivity index (χ2n) is 4.39. The standard InChI is InChI=1S/C11H21NO5/c1-8(2)7-9(11(16)17)12(5-6-13)4-3-10(14)15/h8-9,13H,3-7H2,1-2H3,(H,14,15)(H,16,17). The van der Waals surface area contributed by atoms with Crippen molar-refractivity contribution in [3.63, 3.8) is 0 Å². The molecule has 0 aliphatic carbocycles. The minimum atomic E-state index is -0.975. The lowest BCUT2D eigenvalue weighted by Crippen LogP contribution is -2.44. The fourth-order valence-corrected chi connectivity index (χ4v) is 1.64. The monoisotopic (exact) mass is 247 g/mol. The number of aliphatic carboxylic acids is 2. The van der Waals surface area contributed by atoms with Crippen LogP contribution in [-0.4, -0.2) is 57.9 Å². The number of nitrogens with zero attached hydrogens (tertiary/aromatic N) is 1. The molecule has 100 valence electrons. The summed E-state index contributed by atoms with van der Waals surface area (Å²) in [6.45, 7) is 3.95. The quantitative estimate of drug-likeness (QED) is 0.540. The van der Waals surface area contributed by atoms with Gasteiger partial charge in [0.25, 0.3) is 0 Å². The van der Waals surface area contributed by atoms with Crippen LogP contribution >= 0.6 is 0 Å². The molecule has 0 bridgehead atoms. The molecule has 1 atom stereocenters. The number of carboxylic acids is 2. The second kappa shape index (κ2) is 8.03. The van der Waals surface area contributed by atoms with Crippen molar-refractivity contribution in [2.24, 2.45) is 5.92 Å². The summed E-state index contributed by atoms with van der Waals surface area (Å²) in [4.78, 5) is 23.1. The van der Waals surface area contributed by atoms with E-state index in [0.29, 0.717) is 6.42 Å². The van der Waals surface area contributed by atoms with Gasteiger partial charge >= 0.3 is 11.9 Å². The van der Waals surface area contributed by atoms with Crippen molar-refractivity contribution in [2.75, 3.05) is 19.7 Å². The van der Waals surface area contributed by atoms with Gasteiger partial charge < -0.3 is 15.3 Å². The second-order valence-corrected chi connectivity index (χ2v) is 4.39. The molecule has 1 unspecified atom stereocenters. The van der Waals surface area contributed by atoms with Gasteiger partial charge in [0, 0.05) is 13.1 Å². The van der Waals surface area contributed by atoms with Gasteiger partial charge in [-0.1, -0.05) is 13.8 Å².